The molecule has 3 rings (SSSR count). The Labute approximate surface area is 120 Å². The van der Waals surface area contributed by atoms with Crippen LogP contribution in [0, 0.1) is 12.3 Å². The molecule has 2 saturated heterocycles. The van der Waals surface area contributed by atoms with E-state index in [0.29, 0.717) is 5.92 Å². The minimum atomic E-state index is -0.166. The van der Waals surface area contributed by atoms with Crippen LogP contribution >= 0.6 is 12.4 Å². The summed E-state index contributed by atoms with van der Waals surface area (Å²) in [5.74, 6) is 0.599. The van der Waals surface area contributed by atoms with Crippen molar-refractivity contribution >= 4 is 18.3 Å². The van der Waals surface area contributed by atoms with E-state index in [9.17, 15) is 4.79 Å². The molecule has 2 aliphatic heterocycles. The van der Waals surface area contributed by atoms with Gasteiger partial charge in [-0.15, -0.1) is 12.4 Å². The molecule has 104 valence electrons. The molecular weight excluding hydrogens is 260 g/mol. The van der Waals surface area contributed by atoms with E-state index in [1.807, 2.05) is 0 Å². The van der Waals surface area contributed by atoms with Crippen LogP contribution in [0.3, 0.4) is 0 Å². The monoisotopic (exact) mass is 280 g/mol. The molecule has 19 heavy (non-hydrogen) atoms. The quantitative estimate of drug-likeness (QED) is 0.826. The lowest BCUT2D eigenvalue weighted by Gasteiger charge is -2.36. The zero-order valence-corrected chi connectivity index (χ0v) is 12.1. The maximum Gasteiger partial charge on any atom is 0.227 e. The van der Waals surface area contributed by atoms with Crippen LogP contribution in [0.25, 0.3) is 0 Å². The summed E-state index contributed by atoms with van der Waals surface area (Å²) in [6.45, 7) is 4.80. The number of hydrogen-bond acceptors (Lipinski definition) is 2. The number of carbonyl (C=O) groups is 1. The zero-order valence-electron chi connectivity index (χ0n) is 11.2. The van der Waals surface area contributed by atoms with Gasteiger partial charge in [-0.25, -0.2) is 0 Å². The van der Waals surface area contributed by atoms with Crippen molar-refractivity contribution in [3.63, 3.8) is 0 Å². The van der Waals surface area contributed by atoms with E-state index in [-0.39, 0.29) is 23.7 Å². The molecule has 2 N–H and O–H groups in total. The Bertz CT molecular complexity index is 452. The minimum Gasteiger partial charge on any atom is -0.355 e. The Balaban J connectivity index is 0.00000133. The second-order valence-corrected chi connectivity index (χ2v) is 5.58. The van der Waals surface area contributed by atoms with Gasteiger partial charge in [-0.2, -0.15) is 0 Å². The van der Waals surface area contributed by atoms with Crippen molar-refractivity contribution in [1.29, 1.82) is 0 Å². The highest BCUT2D eigenvalue weighted by Crippen LogP contribution is 2.46. The first kappa shape index (κ1) is 14.4. The summed E-state index contributed by atoms with van der Waals surface area (Å²) in [6, 6.07) is 8.66. The Hall–Kier alpha value is -1.06. The number of hydrogen-bond donors (Lipinski definition) is 2. The second kappa shape index (κ2) is 5.51. The second-order valence-electron chi connectivity index (χ2n) is 5.58. The van der Waals surface area contributed by atoms with Crippen molar-refractivity contribution in [2.24, 2.45) is 5.41 Å². The predicted octanol–water partition coefficient (Wildman–Crippen LogP) is 2.00. The van der Waals surface area contributed by atoms with Crippen LogP contribution in [-0.2, 0) is 4.79 Å². The van der Waals surface area contributed by atoms with Crippen LogP contribution in [0.15, 0.2) is 24.3 Å². The molecule has 0 saturated carbocycles. The third kappa shape index (κ3) is 2.37. The molecule has 1 aromatic carbocycles. The normalized spacial score (nSPS) is 24.9. The lowest BCUT2D eigenvalue weighted by molar-refractivity contribution is -0.129. The molecule has 3 nitrogen and oxygen atoms in total. The molecule has 1 amide bonds. The molecule has 2 aliphatic rings. The van der Waals surface area contributed by atoms with Gasteiger partial charge in [0.25, 0.3) is 0 Å². The van der Waals surface area contributed by atoms with Gasteiger partial charge in [0.1, 0.15) is 0 Å². The largest absolute Gasteiger partial charge is 0.355 e. The lowest BCUT2D eigenvalue weighted by atomic mass is 9.68. The summed E-state index contributed by atoms with van der Waals surface area (Å²) in [5.41, 5.74) is 2.41. The Morgan fingerprint density at radius 2 is 1.79 bits per heavy atom. The lowest BCUT2D eigenvalue weighted by Crippen LogP contribution is -2.44. The van der Waals surface area contributed by atoms with Crippen LogP contribution in [0.4, 0.5) is 0 Å². The van der Waals surface area contributed by atoms with Crippen LogP contribution in [-0.4, -0.2) is 25.5 Å². The summed E-state index contributed by atoms with van der Waals surface area (Å²) >= 11 is 0. The van der Waals surface area contributed by atoms with Gasteiger partial charge in [0, 0.05) is 12.5 Å². The fourth-order valence-corrected chi connectivity index (χ4v) is 3.41. The fourth-order valence-electron chi connectivity index (χ4n) is 3.41. The topological polar surface area (TPSA) is 41.1 Å². The molecule has 2 fully saturated rings. The maximum absolute atomic E-state index is 12.3. The highest BCUT2D eigenvalue weighted by atomic mass is 35.5. The maximum atomic E-state index is 12.3. The van der Waals surface area contributed by atoms with Gasteiger partial charge >= 0.3 is 0 Å². The molecule has 0 bridgehead atoms. The van der Waals surface area contributed by atoms with E-state index in [0.717, 1.165) is 32.5 Å². The highest BCUT2D eigenvalue weighted by molar-refractivity contribution is 5.86. The van der Waals surface area contributed by atoms with Crippen molar-refractivity contribution < 1.29 is 4.79 Å². The van der Waals surface area contributed by atoms with Gasteiger partial charge in [-0.3, -0.25) is 4.79 Å². The van der Waals surface area contributed by atoms with Crippen LogP contribution in [0.2, 0.25) is 0 Å². The number of carbonyl (C=O) groups excluding carboxylic acids is 1. The first-order valence-corrected chi connectivity index (χ1v) is 6.78. The molecule has 1 unspecified atom stereocenters. The first-order chi connectivity index (χ1) is 8.72. The Kier molecular flexibility index (Phi) is 4.16. The van der Waals surface area contributed by atoms with Crippen LogP contribution < -0.4 is 10.6 Å². The van der Waals surface area contributed by atoms with E-state index in [1.54, 1.807) is 0 Å². The number of halogens is 1. The Morgan fingerprint density at radius 1 is 1.16 bits per heavy atom. The van der Waals surface area contributed by atoms with Crippen molar-refractivity contribution in [1.82, 2.24) is 10.6 Å². The average Bonchev–Trinajstić information content (AvgIpc) is 2.70. The molecule has 0 radical (unpaired) electrons. The average molecular weight is 281 g/mol. The number of benzene rings is 1. The van der Waals surface area contributed by atoms with E-state index in [2.05, 4.69) is 41.8 Å². The molecule has 1 spiro atoms. The van der Waals surface area contributed by atoms with Gasteiger partial charge in [0.15, 0.2) is 0 Å². The highest BCUT2D eigenvalue weighted by Gasteiger charge is 2.50. The molecular formula is C15H21ClN2O. The molecule has 2 heterocycles. The number of nitrogens with one attached hydrogen (secondary N) is 2. The smallest absolute Gasteiger partial charge is 0.227 e. The summed E-state index contributed by atoms with van der Waals surface area (Å²) < 4.78 is 0. The molecule has 1 aromatic rings. The number of amides is 1. The summed E-state index contributed by atoms with van der Waals surface area (Å²) in [6.07, 6.45) is 1.91. The van der Waals surface area contributed by atoms with E-state index in [4.69, 9.17) is 0 Å². The van der Waals surface area contributed by atoms with Gasteiger partial charge in [-0.05, 0) is 38.4 Å². The first-order valence-electron chi connectivity index (χ1n) is 6.78. The third-order valence-corrected chi connectivity index (χ3v) is 4.56. The van der Waals surface area contributed by atoms with Gasteiger partial charge in [0.2, 0.25) is 5.91 Å². The van der Waals surface area contributed by atoms with Gasteiger partial charge in [0.05, 0.1) is 5.41 Å². The van der Waals surface area contributed by atoms with Gasteiger partial charge < -0.3 is 10.6 Å². The molecule has 0 aromatic heterocycles. The SMILES string of the molecule is Cc1ccc(C2CNC(=O)C23CCNCC3)cc1.Cl. The van der Waals surface area contributed by atoms with Crippen LogP contribution in [0.1, 0.15) is 29.9 Å². The fraction of sp³-hybridized carbons (Fsp3) is 0.533. The van der Waals surface area contributed by atoms with Crippen molar-refractivity contribution in [2.75, 3.05) is 19.6 Å². The summed E-state index contributed by atoms with van der Waals surface area (Å²) in [7, 11) is 0. The standard InChI is InChI=1S/C15H20N2O.ClH/c1-11-2-4-12(5-3-11)13-10-17-14(18)15(13)6-8-16-9-7-15;/h2-5,13,16H,6-10H2,1H3,(H,17,18);1H. The number of piperidine rings is 1. The number of aryl methyl sites for hydroxylation is 1. The number of rotatable bonds is 1. The minimum absolute atomic E-state index is 0. The van der Waals surface area contributed by atoms with Gasteiger partial charge in [-0.1, -0.05) is 29.8 Å². The van der Waals surface area contributed by atoms with Crippen molar-refractivity contribution in [3.05, 3.63) is 35.4 Å². The zero-order chi connectivity index (χ0) is 12.6. The molecule has 1 atom stereocenters. The predicted molar refractivity (Wildman–Crippen MR) is 78.7 cm³/mol. The third-order valence-electron chi connectivity index (χ3n) is 4.56. The Morgan fingerprint density at radius 3 is 2.42 bits per heavy atom. The van der Waals surface area contributed by atoms with E-state index >= 15 is 0 Å². The van der Waals surface area contributed by atoms with Crippen LogP contribution in [0.5, 0.6) is 0 Å². The molecule has 4 heteroatoms. The summed E-state index contributed by atoms with van der Waals surface area (Å²) in [5, 5.41) is 6.43. The van der Waals surface area contributed by atoms with E-state index in [1.165, 1.54) is 11.1 Å². The summed E-state index contributed by atoms with van der Waals surface area (Å²) in [4.78, 5) is 12.3. The van der Waals surface area contributed by atoms with E-state index < -0.39 is 0 Å². The molecule has 0 aliphatic carbocycles. The van der Waals surface area contributed by atoms with Crippen molar-refractivity contribution in [3.8, 4) is 0 Å². The van der Waals surface area contributed by atoms with Crippen molar-refractivity contribution in [2.45, 2.75) is 25.7 Å².